The second-order valence-electron chi connectivity index (χ2n) is 3.17. The molecular weight excluding hydrogens is 138 g/mol. The first kappa shape index (κ1) is 10.9. The molecule has 0 aliphatic rings. The highest BCUT2D eigenvalue weighted by molar-refractivity contribution is 4.70. The third kappa shape index (κ3) is 4.38. The van der Waals surface area contributed by atoms with Crippen LogP contribution in [0.5, 0.6) is 0 Å². The van der Waals surface area contributed by atoms with Gasteiger partial charge in [-0.05, 0) is 25.8 Å². The Morgan fingerprint density at radius 1 is 1.36 bits per heavy atom. The lowest BCUT2D eigenvalue weighted by Crippen LogP contribution is -2.32. The zero-order chi connectivity index (χ0) is 8.69. The lowest BCUT2D eigenvalue weighted by atomic mass is 9.95. The SMILES string of the molecule is CCCC(C)C(CCO)NC. The van der Waals surface area contributed by atoms with E-state index in [-0.39, 0.29) is 0 Å². The Bertz CT molecular complexity index is 85.6. The third-order valence-electron chi connectivity index (χ3n) is 2.24. The molecule has 0 aromatic rings. The topological polar surface area (TPSA) is 32.3 Å². The van der Waals surface area contributed by atoms with Crippen molar-refractivity contribution in [3.8, 4) is 0 Å². The molecule has 2 nitrogen and oxygen atoms in total. The van der Waals surface area contributed by atoms with Crippen molar-refractivity contribution >= 4 is 0 Å². The van der Waals surface area contributed by atoms with Gasteiger partial charge in [-0.15, -0.1) is 0 Å². The standard InChI is InChI=1S/C9H21NO/c1-4-5-8(2)9(10-3)6-7-11/h8-11H,4-7H2,1-3H3. The summed E-state index contributed by atoms with van der Waals surface area (Å²) in [6.07, 6.45) is 3.34. The van der Waals surface area contributed by atoms with Gasteiger partial charge in [0.1, 0.15) is 0 Å². The second kappa shape index (κ2) is 6.62. The van der Waals surface area contributed by atoms with E-state index in [4.69, 9.17) is 5.11 Å². The third-order valence-corrected chi connectivity index (χ3v) is 2.24. The average Bonchev–Trinajstić information content (AvgIpc) is 2.00. The van der Waals surface area contributed by atoms with Crippen LogP contribution in [-0.2, 0) is 0 Å². The quantitative estimate of drug-likeness (QED) is 0.614. The highest BCUT2D eigenvalue weighted by Crippen LogP contribution is 2.12. The Morgan fingerprint density at radius 3 is 2.36 bits per heavy atom. The van der Waals surface area contributed by atoms with E-state index in [0.717, 1.165) is 6.42 Å². The van der Waals surface area contributed by atoms with Gasteiger partial charge in [-0.2, -0.15) is 0 Å². The summed E-state index contributed by atoms with van der Waals surface area (Å²) in [5.74, 6) is 0.678. The number of hydrogen-bond donors (Lipinski definition) is 2. The fourth-order valence-electron chi connectivity index (χ4n) is 1.51. The monoisotopic (exact) mass is 159 g/mol. The fraction of sp³-hybridized carbons (Fsp3) is 1.00. The summed E-state index contributed by atoms with van der Waals surface area (Å²) in [6, 6.07) is 0.486. The Labute approximate surface area is 70.0 Å². The van der Waals surface area contributed by atoms with Gasteiger partial charge in [0, 0.05) is 12.6 Å². The van der Waals surface area contributed by atoms with Crippen LogP contribution in [-0.4, -0.2) is 24.8 Å². The second-order valence-corrected chi connectivity index (χ2v) is 3.17. The lowest BCUT2D eigenvalue weighted by Gasteiger charge is -2.22. The number of rotatable bonds is 6. The summed E-state index contributed by atoms with van der Waals surface area (Å²) in [5.41, 5.74) is 0. The number of hydrogen-bond acceptors (Lipinski definition) is 2. The van der Waals surface area contributed by atoms with Crippen LogP contribution in [0.15, 0.2) is 0 Å². The summed E-state index contributed by atoms with van der Waals surface area (Å²) >= 11 is 0. The molecule has 0 spiro atoms. The minimum Gasteiger partial charge on any atom is -0.396 e. The van der Waals surface area contributed by atoms with Crippen LogP contribution in [0.1, 0.15) is 33.1 Å². The van der Waals surface area contributed by atoms with Gasteiger partial charge in [-0.1, -0.05) is 20.3 Å². The van der Waals surface area contributed by atoms with E-state index in [9.17, 15) is 0 Å². The van der Waals surface area contributed by atoms with Crippen LogP contribution in [0.25, 0.3) is 0 Å². The van der Waals surface area contributed by atoms with E-state index in [1.165, 1.54) is 12.8 Å². The van der Waals surface area contributed by atoms with Crippen molar-refractivity contribution in [1.29, 1.82) is 0 Å². The van der Waals surface area contributed by atoms with Gasteiger partial charge in [0.2, 0.25) is 0 Å². The highest BCUT2D eigenvalue weighted by atomic mass is 16.3. The maximum absolute atomic E-state index is 8.74. The molecule has 68 valence electrons. The Morgan fingerprint density at radius 2 is 2.00 bits per heavy atom. The molecule has 11 heavy (non-hydrogen) atoms. The maximum Gasteiger partial charge on any atom is 0.0445 e. The summed E-state index contributed by atoms with van der Waals surface area (Å²) in [5, 5.41) is 12.0. The molecule has 0 rings (SSSR count). The van der Waals surface area contributed by atoms with Crippen LogP contribution in [0, 0.1) is 5.92 Å². The number of nitrogens with one attached hydrogen (secondary N) is 1. The highest BCUT2D eigenvalue weighted by Gasteiger charge is 2.12. The molecule has 2 atom stereocenters. The van der Waals surface area contributed by atoms with E-state index in [1.807, 2.05) is 7.05 Å². The van der Waals surface area contributed by atoms with Gasteiger partial charge in [0.05, 0.1) is 0 Å². The molecule has 0 aliphatic heterocycles. The molecule has 0 saturated heterocycles. The van der Waals surface area contributed by atoms with Crippen molar-refractivity contribution < 1.29 is 5.11 Å². The van der Waals surface area contributed by atoms with Gasteiger partial charge in [0.25, 0.3) is 0 Å². The molecule has 0 saturated carbocycles. The van der Waals surface area contributed by atoms with E-state index < -0.39 is 0 Å². The van der Waals surface area contributed by atoms with Crippen molar-refractivity contribution in [1.82, 2.24) is 5.32 Å². The van der Waals surface area contributed by atoms with Gasteiger partial charge >= 0.3 is 0 Å². The first-order valence-corrected chi connectivity index (χ1v) is 4.54. The smallest absolute Gasteiger partial charge is 0.0445 e. The molecular formula is C9H21NO. The van der Waals surface area contributed by atoms with E-state index in [1.54, 1.807) is 0 Å². The molecule has 0 heterocycles. The summed E-state index contributed by atoms with van der Waals surface area (Å²) < 4.78 is 0. The van der Waals surface area contributed by atoms with Crippen LogP contribution < -0.4 is 5.32 Å². The predicted octanol–water partition coefficient (Wildman–Crippen LogP) is 1.39. The largest absolute Gasteiger partial charge is 0.396 e. The van der Waals surface area contributed by atoms with Crippen LogP contribution in [0.3, 0.4) is 0 Å². The molecule has 0 amide bonds. The normalized spacial score (nSPS) is 16.4. The van der Waals surface area contributed by atoms with Crippen molar-refractivity contribution in [2.75, 3.05) is 13.7 Å². The van der Waals surface area contributed by atoms with Crippen LogP contribution in [0.4, 0.5) is 0 Å². The van der Waals surface area contributed by atoms with Gasteiger partial charge in [0.15, 0.2) is 0 Å². The van der Waals surface area contributed by atoms with Gasteiger partial charge < -0.3 is 10.4 Å². The Kier molecular flexibility index (Phi) is 6.57. The predicted molar refractivity (Wildman–Crippen MR) is 48.6 cm³/mol. The fourth-order valence-corrected chi connectivity index (χ4v) is 1.51. The number of aliphatic hydroxyl groups excluding tert-OH is 1. The molecule has 0 aliphatic carbocycles. The molecule has 0 fully saturated rings. The van der Waals surface area contributed by atoms with Gasteiger partial charge in [-0.3, -0.25) is 0 Å². The Hall–Kier alpha value is -0.0800. The maximum atomic E-state index is 8.74. The van der Waals surface area contributed by atoms with Crippen LogP contribution >= 0.6 is 0 Å². The minimum absolute atomic E-state index is 0.291. The average molecular weight is 159 g/mol. The zero-order valence-electron chi connectivity index (χ0n) is 7.93. The van der Waals surface area contributed by atoms with E-state index in [0.29, 0.717) is 18.6 Å². The van der Waals surface area contributed by atoms with Crippen molar-refractivity contribution in [2.45, 2.75) is 39.2 Å². The first-order valence-electron chi connectivity index (χ1n) is 4.54. The van der Waals surface area contributed by atoms with Crippen molar-refractivity contribution in [3.63, 3.8) is 0 Å². The number of aliphatic hydroxyl groups is 1. The summed E-state index contributed by atoms with van der Waals surface area (Å²) in [4.78, 5) is 0. The van der Waals surface area contributed by atoms with Crippen molar-refractivity contribution in [2.24, 2.45) is 5.92 Å². The minimum atomic E-state index is 0.291. The summed E-state index contributed by atoms with van der Waals surface area (Å²) in [7, 11) is 1.96. The van der Waals surface area contributed by atoms with Crippen molar-refractivity contribution in [3.05, 3.63) is 0 Å². The zero-order valence-corrected chi connectivity index (χ0v) is 7.93. The van der Waals surface area contributed by atoms with Crippen LogP contribution in [0.2, 0.25) is 0 Å². The molecule has 0 aromatic carbocycles. The van der Waals surface area contributed by atoms with Gasteiger partial charge in [-0.25, -0.2) is 0 Å². The molecule has 0 radical (unpaired) electrons. The van der Waals surface area contributed by atoms with E-state index in [2.05, 4.69) is 19.2 Å². The summed E-state index contributed by atoms with van der Waals surface area (Å²) in [6.45, 7) is 4.72. The molecule has 2 heteroatoms. The molecule has 2 N–H and O–H groups in total. The Balaban J connectivity index is 3.61. The lowest BCUT2D eigenvalue weighted by molar-refractivity contribution is 0.240. The molecule has 0 aromatic heterocycles. The molecule has 0 bridgehead atoms. The van der Waals surface area contributed by atoms with E-state index >= 15 is 0 Å². The first-order chi connectivity index (χ1) is 5.26. The molecule has 2 unspecified atom stereocenters.